The summed E-state index contributed by atoms with van der Waals surface area (Å²) in [6, 6.07) is 0. The zero-order valence-corrected chi connectivity index (χ0v) is 13.2. The zero-order valence-electron chi connectivity index (χ0n) is 13.2. The van der Waals surface area contributed by atoms with E-state index in [9.17, 15) is 15.3 Å². The summed E-state index contributed by atoms with van der Waals surface area (Å²) < 4.78 is 32.7. The summed E-state index contributed by atoms with van der Waals surface area (Å²) in [5.41, 5.74) is 0. The van der Waals surface area contributed by atoms with Crippen LogP contribution in [0.25, 0.3) is 0 Å². The molecule has 0 spiro atoms. The van der Waals surface area contributed by atoms with E-state index in [2.05, 4.69) is 0 Å². The van der Waals surface area contributed by atoms with E-state index in [1.54, 1.807) is 0 Å². The van der Waals surface area contributed by atoms with E-state index in [0.29, 0.717) is 39.6 Å². The van der Waals surface area contributed by atoms with Crippen molar-refractivity contribution in [3.8, 4) is 0 Å². The molecule has 0 radical (unpaired) electrons. The molecule has 3 heterocycles. The third kappa shape index (κ3) is 4.06. The molecule has 0 bridgehead atoms. The maximum atomic E-state index is 10.3. The molecule has 138 valence electrons. The van der Waals surface area contributed by atoms with Crippen molar-refractivity contribution in [2.75, 3.05) is 39.6 Å². The van der Waals surface area contributed by atoms with Crippen LogP contribution in [0.5, 0.6) is 0 Å². The summed E-state index contributed by atoms with van der Waals surface area (Å²) >= 11 is 0. The van der Waals surface area contributed by atoms with Crippen LogP contribution in [0.2, 0.25) is 0 Å². The number of ether oxygens (including phenoxy) is 6. The van der Waals surface area contributed by atoms with Crippen molar-refractivity contribution in [3.05, 3.63) is 0 Å². The highest BCUT2D eigenvalue weighted by atomic mass is 16.6. The van der Waals surface area contributed by atoms with Gasteiger partial charge in [0, 0.05) is 0 Å². The first-order chi connectivity index (χ1) is 11.6. The van der Waals surface area contributed by atoms with Crippen LogP contribution in [0.3, 0.4) is 0 Å². The van der Waals surface area contributed by atoms with Gasteiger partial charge in [-0.15, -0.1) is 0 Å². The number of rotatable bonds is 9. The van der Waals surface area contributed by atoms with Gasteiger partial charge in [0.1, 0.15) is 54.9 Å². The van der Waals surface area contributed by atoms with Crippen LogP contribution in [0, 0.1) is 0 Å². The molecular weight excluding hydrogens is 324 g/mol. The summed E-state index contributed by atoms with van der Waals surface area (Å²) in [6.45, 7) is 2.78. The molecule has 3 aliphatic heterocycles. The molecule has 4 rings (SSSR count). The minimum Gasteiger partial charge on any atom is -0.387 e. The molecule has 0 aromatic rings. The fourth-order valence-corrected chi connectivity index (χ4v) is 2.89. The highest BCUT2D eigenvalue weighted by Gasteiger charge is 2.52. The van der Waals surface area contributed by atoms with Gasteiger partial charge in [0.05, 0.1) is 39.6 Å². The highest BCUT2D eigenvalue weighted by molar-refractivity contribution is 5.02. The standard InChI is InChI=1S/C15H24O9/c16-10-11(17)13(22-4-7-1-19-7)15(24-6-9-3-21-9)14(12(10)18)23-5-8-2-20-8/h7-18H,1-6H2/t7?,8?,9?,10-,11+,12-,13-,14+,15+. The molecule has 0 aromatic carbocycles. The number of hydrogen-bond donors (Lipinski definition) is 3. The molecule has 3 unspecified atom stereocenters. The average Bonchev–Trinajstić information content (AvgIpc) is 3.42. The van der Waals surface area contributed by atoms with Crippen LogP contribution in [0.4, 0.5) is 0 Å². The summed E-state index contributed by atoms with van der Waals surface area (Å²) in [6.07, 6.45) is -6.27. The minimum absolute atomic E-state index is 0.00726. The predicted molar refractivity (Wildman–Crippen MR) is 76.5 cm³/mol. The molecule has 9 heteroatoms. The smallest absolute Gasteiger partial charge is 0.115 e. The Balaban J connectivity index is 1.44. The second-order valence-corrected chi connectivity index (χ2v) is 6.73. The Kier molecular flexibility index (Phi) is 5.05. The molecule has 3 N–H and O–H groups in total. The maximum Gasteiger partial charge on any atom is 0.115 e. The summed E-state index contributed by atoms with van der Waals surface area (Å²) in [4.78, 5) is 0. The van der Waals surface area contributed by atoms with E-state index in [0.717, 1.165) is 0 Å². The van der Waals surface area contributed by atoms with Crippen molar-refractivity contribution >= 4 is 0 Å². The number of epoxide rings is 3. The first-order valence-corrected chi connectivity index (χ1v) is 8.37. The highest BCUT2D eigenvalue weighted by Crippen LogP contribution is 2.30. The van der Waals surface area contributed by atoms with Crippen molar-refractivity contribution < 1.29 is 43.7 Å². The topological polar surface area (TPSA) is 126 Å². The van der Waals surface area contributed by atoms with Gasteiger partial charge in [-0.05, 0) is 0 Å². The van der Waals surface area contributed by atoms with E-state index in [1.165, 1.54) is 0 Å². The Morgan fingerprint density at radius 2 is 0.917 bits per heavy atom. The molecule has 4 aliphatic rings. The van der Waals surface area contributed by atoms with E-state index >= 15 is 0 Å². The Morgan fingerprint density at radius 1 is 0.583 bits per heavy atom. The lowest BCUT2D eigenvalue weighted by molar-refractivity contribution is -0.258. The van der Waals surface area contributed by atoms with Crippen molar-refractivity contribution in [1.82, 2.24) is 0 Å². The molecule has 1 saturated carbocycles. The maximum absolute atomic E-state index is 10.3. The van der Waals surface area contributed by atoms with E-state index < -0.39 is 36.6 Å². The number of aliphatic hydroxyl groups excluding tert-OH is 3. The number of aliphatic hydroxyl groups is 3. The van der Waals surface area contributed by atoms with E-state index in [-0.39, 0.29) is 18.3 Å². The average molecular weight is 348 g/mol. The van der Waals surface area contributed by atoms with E-state index in [4.69, 9.17) is 28.4 Å². The molecule has 9 nitrogen and oxygen atoms in total. The van der Waals surface area contributed by atoms with Gasteiger partial charge in [-0.25, -0.2) is 0 Å². The van der Waals surface area contributed by atoms with Crippen molar-refractivity contribution in [1.29, 1.82) is 0 Å². The lowest BCUT2D eigenvalue weighted by Gasteiger charge is -2.45. The van der Waals surface area contributed by atoms with Gasteiger partial charge in [-0.2, -0.15) is 0 Å². The third-order valence-electron chi connectivity index (χ3n) is 4.65. The minimum atomic E-state index is -1.38. The first kappa shape index (κ1) is 17.1. The monoisotopic (exact) mass is 348 g/mol. The third-order valence-corrected chi connectivity index (χ3v) is 4.65. The van der Waals surface area contributed by atoms with Crippen LogP contribution in [-0.2, 0) is 28.4 Å². The van der Waals surface area contributed by atoms with Crippen LogP contribution < -0.4 is 0 Å². The molecule has 4 fully saturated rings. The zero-order chi connectivity index (χ0) is 16.7. The predicted octanol–water partition coefficient (Wildman–Crippen LogP) is -2.57. The van der Waals surface area contributed by atoms with Gasteiger partial charge >= 0.3 is 0 Å². The van der Waals surface area contributed by atoms with Gasteiger partial charge in [-0.1, -0.05) is 0 Å². The first-order valence-electron chi connectivity index (χ1n) is 8.37. The van der Waals surface area contributed by atoms with Crippen LogP contribution in [-0.4, -0.2) is 110 Å². The summed E-state index contributed by atoms with van der Waals surface area (Å²) in [5.74, 6) is 0. The second-order valence-electron chi connectivity index (χ2n) is 6.73. The van der Waals surface area contributed by atoms with E-state index in [1.807, 2.05) is 0 Å². The van der Waals surface area contributed by atoms with Gasteiger partial charge in [-0.3, -0.25) is 0 Å². The lowest BCUT2D eigenvalue weighted by atomic mass is 9.84. The summed E-state index contributed by atoms with van der Waals surface area (Å²) in [7, 11) is 0. The molecule has 9 atom stereocenters. The Hall–Kier alpha value is -0.360. The number of hydrogen-bond acceptors (Lipinski definition) is 9. The fraction of sp³-hybridized carbons (Fsp3) is 1.00. The van der Waals surface area contributed by atoms with Crippen molar-refractivity contribution in [2.45, 2.75) is 54.9 Å². The lowest BCUT2D eigenvalue weighted by Crippen LogP contribution is -2.66. The molecule has 24 heavy (non-hydrogen) atoms. The van der Waals surface area contributed by atoms with Crippen LogP contribution >= 0.6 is 0 Å². The Labute approximate surface area is 139 Å². The SMILES string of the molecule is O[C@H]1[C@@H](O)[C@H](OCC2CO2)[C@@H](OCC2CO2)[C@H](OCC2CO2)[C@H]1O. The fourth-order valence-electron chi connectivity index (χ4n) is 2.89. The molecular formula is C15H24O9. The molecule has 3 saturated heterocycles. The second kappa shape index (κ2) is 7.10. The van der Waals surface area contributed by atoms with Crippen molar-refractivity contribution in [2.24, 2.45) is 0 Å². The van der Waals surface area contributed by atoms with Crippen molar-refractivity contribution in [3.63, 3.8) is 0 Å². The van der Waals surface area contributed by atoms with Crippen LogP contribution in [0.15, 0.2) is 0 Å². The van der Waals surface area contributed by atoms with Gasteiger partial charge in [0.2, 0.25) is 0 Å². The van der Waals surface area contributed by atoms with Crippen LogP contribution in [0.1, 0.15) is 0 Å². The van der Waals surface area contributed by atoms with Gasteiger partial charge in [0.15, 0.2) is 0 Å². The quantitative estimate of drug-likeness (QED) is 0.386. The summed E-state index contributed by atoms with van der Waals surface area (Å²) in [5, 5.41) is 30.8. The molecule has 0 amide bonds. The Morgan fingerprint density at radius 3 is 1.25 bits per heavy atom. The van der Waals surface area contributed by atoms with Gasteiger partial charge < -0.3 is 43.7 Å². The Bertz CT molecular complexity index is 393. The normalized spacial score (nSPS) is 49.9. The largest absolute Gasteiger partial charge is 0.387 e. The molecule has 1 aliphatic carbocycles. The van der Waals surface area contributed by atoms with Gasteiger partial charge in [0.25, 0.3) is 0 Å². The molecule has 0 aromatic heterocycles.